The van der Waals surface area contributed by atoms with Gasteiger partial charge in [0.15, 0.2) is 11.6 Å². The van der Waals surface area contributed by atoms with Crippen LogP contribution in [0.25, 0.3) is 0 Å². The first-order valence-corrected chi connectivity index (χ1v) is 15.3. The molecule has 2 aromatic rings. The molecule has 0 aliphatic heterocycles. The van der Waals surface area contributed by atoms with E-state index in [1.165, 1.54) is 0 Å². The van der Waals surface area contributed by atoms with E-state index in [1.807, 2.05) is 12.1 Å². The number of Topliss-reactive ketones (excluding diaryl/α,β-unsaturated/α-hetero) is 2. The molecular formula is C33H45Cl2NO4. The lowest BCUT2D eigenvalue weighted by Gasteiger charge is -2.26. The highest BCUT2D eigenvalue weighted by Gasteiger charge is 2.26. The number of nitrogens with zero attached hydrogens (tertiary/aromatic N) is 1. The number of alkyl halides is 2. The molecule has 2 aromatic carbocycles. The average Bonchev–Trinajstić information content (AvgIpc) is 2.92. The highest BCUT2D eigenvalue weighted by molar-refractivity contribution is 6.18. The molecule has 0 saturated carbocycles. The number of hydrogen-bond acceptors (Lipinski definition) is 5. The predicted molar refractivity (Wildman–Crippen MR) is 167 cm³/mol. The molecule has 5 nitrogen and oxygen atoms in total. The van der Waals surface area contributed by atoms with E-state index < -0.39 is 5.92 Å². The molecule has 0 aromatic heterocycles. The third-order valence-corrected chi connectivity index (χ3v) is 6.99. The van der Waals surface area contributed by atoms with E-state index in [2.05, 4.69) is 39.2 Å². The van der Waals surface area contributed by atoms with E-state index in [0.717, 1.165) is 24.3 Å². The van der Waals surface area contributed by atoms with Crippen molar-refractivity contribution in [2.45, 2.75) is 47.0 Å². The van der Waals surface area contributed by atoms with Crippen molar-refractivity contribution < 1.29 is 19.1 Å². The minimum Gasteiger partial charge on any atom is -0.494 e. The van der Waals surface area contributed by atoms with Crippen LogP contribution in [0.3, 0.4) is 0 Å². The Kier molecular flexibility index (Phi) is 15.4. The van der Waals surface area contributed by atoms with E-state index in [0.29, 0.717) is 73.1 Å². The number of rotatable bonds is 20. The van der Waals surface area contributed by atoms with Gasteiger partial charge in [0.1, 0.15) is 11.5 Å². The van der Waals surface area contributed by atoms with Crippen molar-refractivity contribution in [2.24, 2.45) is 17.8 Å². The van der Waals surface area contributed by atoms with Crippen LogP contribution in [0.2, 0.25) is 0 Å². The van der Waals surface area contributed by atoms with Gasteiger partial charge in [-0.05, 0) is 85.2 Å². The molecule has 0 spiro atoms. The van der Waals surface area contributed by atoms with Gasteiger partial charge in [0.05, 0.1) is 13.2 Å². The van der Waals surface area contributed by atoms with Crippen LogP contribution in [-0.4, -0.2) is 61.1 Å². The van der Waals surface area contributed by atoms with Gasteiger partial charge in [-0.15, -0.1) is 23.2 Å². The number of carbonyl (C=O) groups excluding carboxylic acids is 2. The van der Waals surface area contributed by atoms with Gasteiger partial charge in [-0.2, -0.15) is 0 Å². The van der Waals surface area contributed by atoms with Crippen molar-refractivity contribution in [1.29, 1.82) is 0 Å². The van der Waals surface area contributed by atoms with Crippen LogP contribution in [0.4, 0.5) is 0 Å². The molecule has 0 fully saturated rings. The van der Waals surface area contributed by atoms with Gasteiger partial charge < -0.3 is 14.4 Å². The molecule has 0 heterocycles. The van der Waals surface area contributed by atoms with Crippen LogP contribution >= 0.6 is 23.2 Å². The normalized spacial score (nSPS) is 12.1. The van der Waals surface area contributed by atoms with Gasteiger partial charge in [-0.25, -0.2) is 0 Å². The Morgan fingerprint density at radius 3 is 1.65 bits per heavy atom. The SMILES string of the molecule is C=C(CC(CN(CCCl)CCCl)C(=O)c1ccc(OCCC(C)C)cc1)C(=O)c1ccc(OCCC(C)C)cc1. The minimum absolute atomic E-state index is 0.0503. The highest BCUT2D eigenvalue weighted by Crippen LogP contribution is 2.24. The fourth-order valence-electron chi connectivity index (χ4n) is 4.16. The maximum Gasteiger partial charge on any atom is 0.188 e. The van der Waals surface area contributed by atoms with Gasteiger partial charge in [-0.3, -0.25) is 9.59 Å². The second-order valence-electron chi connectivity index (χ2n) is 11.0. The largest absolute Gasteiger partial charge is 0.494 e. The second kappa shape index (κ2) is 18.2. The Morgan fingerprint density at radius 2 is 1.23 bits per heavy atom. The van der Waals surface area contributed by atoms with E-state index in [1.54, 1.807) is 36.4 Å². The van der Waals surface area contributed by atoms with Crippen molar-refractivity contribution in [3.63, 3.8) is 0 Å². The number of benzene rings is 2. The van der Waals surface area contributed by atoms with E-state index in [-0.39, 0.29) is 18.0 Å². The van der Waals surface area contributed by atoms with Gasteiger partial charge in [0.2, 0.25) is 0 Å². The molecule has 0 amide bonds. The summed E-state index contributed by atoms with van der Waals surface area (Å²) in [6.45, 7) is 15.6. The Hall–Kier alpha value is -2.34. The standard InChI is InChI=1S/C33H45Cl2NO4/c1-24(2)14-20-39-30-10-6-27(7-11-30)32(37)26(5)22-29(23-36(18-16-34)19-17-35)33(38)28-8-12-31(13-9-28)40-21-15-25(3)4/h6-13,24-25,29H,5,14-23H2,1-4H3. The van der Waals surface area contributed by atoms with E-state index in [9.17, 15) is 9.59 Å². The molecule has 0 aliphatic carbocycles. The Bertz CT molecular complexity index is 1050. The summed E-state index contributed by atoms with van der Waals surface area (Å²) >= 11 is 12.0. The minimum atomic E-state index is -0.478. The Balaban J connectivity index is 2.14. The second-order valence-corrected chi connectivity index (χ2v) is 11.7. The molecule has 40 heavy (non-hydrogen) atoms. The summed E-state index contributed by atoms with van der Waals surface area (Å²) in [5, 5.41) is 0. The van der Waals surface area contributed by atoms with Gasteiger partial charge in [0.25, 0.3) is 0 Å². The smallest absolute Gasteiger partial charge is 0.188 e. The summed E-state index contributed by atoms with van der Waals surface area (Å²) in [5.74, 6) is 2.72. The number of ketones is 2. The Morgan fingerprint density at radius 1 is 0.775 bits per heavy atom. The topological polar surface area (TPSA) is 55.8 Å². The first kappa shape index (κ1) is 33.9. The molecule has 7 heteroatoms. The zero-order chi connectivity index (χ0) is 29.5. The summed E-state index contributed by atoms with van der Waals surface area (Å²) < 4.78 is 11.6. The zero-order valence-electron chi connectivity index (χ0n) is 24.5. The third-order valence-electron chi connectivity index (χ3n) is 6.65. The van der Waals surface area contributed by atoms with Crippen molar-refractivity contribution in [2.75, 3.05) is 44.6 Å². The monoisotopic (exact) mass is 589 g/mol. The molecular weight excluding hydrogens is 545 g/mol. The van der Waals surface area contributed by atoms with Crippen molar-refractivity contribution in [3.05, 3.63) is 71.8 Å². The molecule has 0 radical (unpaired) electrons. The summed E-state index contributed by atoms with van der Waals surface area (Å²) in [6, 6.07) is 14.3. The fraction of sp³-hybridized carbons (Fsp3) is 0.515. The lowest BCUT2D eigenvalue weighted by Crippen LogP contribution is -2.36. The molecule has 0 saturated heterocycles. The summed E-state index contributed by atoms with van der Waals surface area (Å²) in [4.78, 5) is 29.0. The van der Waals surface area contributed by atoms with E-state index in [4.69, 9.17) is 32.7 Å². The number of ether oxygens (including phenoxy) is 2. The lowest BCUT2D eigenvalue weighted by molar-refractivity contribution is 0.0880. The van der Waals surface area contributed by atoms with E-state index >= 15 is 0 Å². The van der Waals surface area contributed by atoms with Gasteiger partial charge >= 0.3 is 0 Å². The predicted octanol–water partition coefficient (Wildman–Crippen LogP) is 7.94. The zero-order valence-corrected chi connectivity index (χ0v) is 26.0. The molecule has 0 aliphatic rings. The quantitative estimate of drug-likeness (QED) is 0.0890. The van der Waals surface area contributed by atoms with Crippen molar-refractivity contribution in [3.8, 4) is 11.5 Å². The van der Waals surface area contributed by atoms with Crippen LogP contribution in [0.15, 0.2) is 60.7 Å². The summed E-state index contributed by atoms with van der Waals surface area (Å²) in [6.07, 6.45) is 2.16. The lowest BCUT2D eigenvalue weighted by atomic mass is 9.88. The molecule has 1 atom stereocenters. The van der Waals surface area contributed by atoms with Crippen molar-refractivity contribution >= 4 is 34.8 Å². The number of allylic oxidation sites excluding steroid dienone is 1. The van der Waals surface area contributed by atoms with Crippen LogP contribution in [0.1, 0.15) is 67.7 Å². The van der Waals surface area contributed by atoms with Crippen LogP contribution < -0.4 is 9.47 Å². The van der Waals surface area contributed by atoms with Crippen LogP contribution in [0.5, 0.6) is 11.5 Å². The fourth-order valence-corrected chi connectivity index (χ4v) is 4.64. The average molecular weight is 591 g/mol. The molecule has 2 rings (SSSR count). The third kappa shape index (κ3) is 12.0. The highest BCUT2D eigenvalue weighted by atomic mass is 35.5. The van der Waals surface area contributed by atoms with Crippen molar-refractivity contribution in [1.82, 2.24) is 4.90 Å². The first-order valence-electron chi connectivity index (χ1n) is 14.2. The molecule has 1 unspecified atom stereocenters. The molecule has 220 valence electrons. The number of hydrogen-bond donors (Lipinski definition) is 0. The molecule has 0 bridgehead atoms. The van der Waals surface area contributed by atoms with Gasteiger partial charge in [0, 0.05) is 48.4 Å². The Labute approximate surface area is 250 Å². The maximum atomic E-state index is 13.7. The first-order chi connectivity index (χ1) is 19.1. The number of halogens is 2. The van der Waals surface area contributed by atoms with Crippen LogP contribution in [0, 0.1) is 17.8 Å². The van der Waals surface area contributed by atoms with Crippen LogP contribution in [-0.2, 0) is 0 Å². The number of carbonyl (C=O) groups is 2. The maximum absolute atomic E-state index is 13.7. The molecule has 0 N–H and O–H groups in total. The summed E-state index contributed by atoms with van der Waals surface area (Å²) in [5.41, 5.74) is 1.48. The summed E-state index contributed by atoms with van der Waals surface area (Å²) in [7, 11) is 0. The van der Waals surface area contributed by atoms with Gasteiger partial charge in [-0.1, -0.05) is 34.3 Å².